The van der Waals surface area contributed by atoms with Crippen LogP contribution in [0.2, 0.25) is 5.02 Å². The van der Waals surface area contributed by atoms with Gasteiger partial charge in [0.1, 0.15) is 0 Å². The molecule has 2 N–H and O–H groups in total. The molecule has 0 aromatic heterocycles. The Labute approximate surface area is 121 Å². The second kappa shape index (κ2) is 6.25. The van der Waals surface area contributed by atoms with E-state index in [1.54, 1.807) is 0 Å². The van der Waals surface area contributed by atoms with E-state index < -0.39 is 5.60 Å². The molecule has 0 aliphatic heterocycles. The lowest BCUT2D eigenvalue weighted by Crippen LogP contribution is -2.44. The van der Waals surface area contributed by atoms with E-state index in [-0.39, 0.29) is 6.04 Å². The van der Waals surface area contributed by atoms with Gasteiger partial charge in [0.25, 0.3) is 0 Å². The minimum absolute atomic E-state index is 0.210. The predicted molar refractivity (Wildman–Crippen MR) is 80.5 cm³/mol. The zero-order valence-corrected chi connectivity index (χ0v) is 12.6. The number of hydrogen-bond donors (Lipinski definition) is 2. The van der Waals surface area contributed by atoms with E-state index in [2.05, 4.69) is 25.2 Å². The summed E-state index contributed by atoms with van der Waals surface area (Å²) >= 11 is 6.00. The SMILES string of the molecule is CC1CCC(O)(CNC(C)c2cccc(Cl)c2)CC1. The molecular weight excluding hydrogens is 258 g/mol. The summed E-state index contributed by atoms with van der Waals surface area (Å²) in [6, 6.07) is 8.10. The average molecular weight is 282 g/mol. The number of hydrogen-bond acceptors (Lipinski definition) is 2. The van der Waals surface area contributed by atoms with Crippen LogP contribution in [0.5, 0.6) is 0 Å². The monoisotopic (exact) mass is 281 g/mol. The van der Waals surface area contributed by atoms with Crippen LogP contribution in [-0.4, -0.2) is 17.3 Å². The van der Waals surface area contributed by atoms with Crippen molar-refractivity contribution in [2.75, 3.05) is 6.54 Å². The summed E-state index contributed by atoms with van der Waals surface area (Å²) < 4.78 is 0. The van der Waals surface area contributed by atoms with Crippen LogP contribution in [-0.2, 0) is 0 Å². The molecule has 2 rings (SSSR count). The molecule has 1 aromatic carbocycles. The Morgan fingerprint density at radius 1 is 1.42 bits per heavy atom. The minimum Gasteiger partial charge on any atom is -0.389 e. The van der Waals surface area contributed by atoms with Crippen LogP contribution < -0.4 is 5.32 Å². The van der Waals surface area contributed by atoms with Crippen molar-refractivity contribution >= 4 is 11.6 Å². The van der Waals surface area contributed by atoms with Gasteiger partial charge in [0, 0.05) is 17.6 Å². The fourth-order valence-corrected chi connectivity index (χ4v) is 2.91. The highest BCUT2D eigenvalue weighted by atomic mass is 35.5. The summed E-state index contributed by atoms with van der Waals surface area (Å²) in [5, 5.41) is 14.8. The molecular formula is C16H24ClNO. The number of halogens is 1. The number of aliphatic hydroxyl groups is 1. The summed E-state index contributed by atoms with van der Waals surface area (Å²) in [5.74, 6) is 0.755. The molecule has 0 spiro atoms. The Hall–Kier alpha value is -0.570. The second-order valence-electron chi connectivity index (χ2n) is 6.06. The second-order valence-corrected chi connectivity index (χ2v) is 6.50. The first-order chi connectivity index (χ1) is 8.98. The van der Waals surface area contributed by atoms with Crippen molar-refractivity contribution in [3.8, 4) is 0 Å². The topological polar surface area (TPSA) is 32.3 Å². The quantitative estimate of drug-likeness (QED) is 0.876. The largest absolute Gasteiger partial charge is 0.389 e. The first-order valence-corrected chi connectivity index (χ1v) is 7.57. The van der Waals surface area contributed by atoms with Gasteiger partial charge < -0.3 is 10.4 Å². The standard InChI is InChI=1S/C16H24ClNO/c1-12-6-8-16(19,9-7-12)11-18-13(2)14-4-3-5-15(17)10-14/h3-5,10,12-13,18-19H,6-9,11H2,1-2H3. The highest BCUT2D eigenvalue weighted by Crippen LogP contribution is 2.31. The summed E-state index contributed by atoms with van der Waals surface area (Å²) in [6.45, 7) is 5.04. The summed E-state index contributed by atoms with van der Waals surface area (Å²) in [7, 11) is 0. The lowest BCUT2D eigenvalue weighted by molar-refractivity contribution is -0.00783. The van der Waals surface area contributed by atoms with Crippen molar-refractivity contribution in [2.24, 2.45) is 5.92 Å². The van der Waals surface area contributed by atoms with Crippen LogP contribution in [0.1, 0.15) is 51.1 Å². The van der Waals surface area contributed by atoms with E-state index in [0.29, 0.717) is 6.54 Å². The molecule has 0 radical (unpaired) electrons. The third-order valence-corrected chi connectivity index (χ3v) is 4.53. The highest BCUT2D eigenvalue weighted by molar-refractivity contribution is 6.30. The molecule has 0 amide bonds. The van der Waals surface area contributed by atoms with E-state index in [1.165, 1.54) is 5.56 Å². The van der Waals surface area contributed by atoms with E-state index in [9.17, 15) is 5.11 Å². The third kappa shape index (κ3) is 4.20. The summed E-state index contributed by atoms with van der Waals surface area (Å²) in [4.78, 5) is 0. The van der Waals surface area contributed by atoms with Crippen molar-refractivity contribution in [1.82, 2.24) is 5.32 Å². The summed E-state index contributed by atoms with van der Waals surface area (Å²) in [5.41, 5.74) is 0.638. The molecule has 3 heteroatoms. The smallest absolute Gasteiger partial charge is 0.0772 e. The predicted octanol–water partition coefficient (Wildman–Crippen LogP) is 3.93. The molecule has 2 nitrogen and oxygen atoms in total. The van der Waals surface area contributed by atoms with E-state index >= 15 is 0 Å². The van der Waals surface area contributed by atoms with Gasteiger partial charge in [-0.15, -0.1) is 0 Å². The van der Waals surface area contributed by atoms with Gasteiger partial charge >= 0.3 is 0 Å². The Morgan fingerprint density at radius 3 is 2.74 bits per heavy atom. The molecule has 0 bridgehead atoms. The van der Waals surface area contributed by atoms with Crippen LogP contribution >= 0.6 is 11.6 Å². The fraction of sp³-hybridized carbons (Fsp3) is 0.625. The molecule has 1 saturated carbocycles. The van der Waals surface area contributed by atoms with Gasteiger partial charge in [0.15, 0.2) is 0 Å². The van der Waals surface area contributed by atoms with Crippen LogP contribution in [0.4, 0.5) is 0 Å². The van der Waals surface area contributed by atoms with E-state index in [4.69, 9.17) is 11.6 Å². The normalized spacial score (nSPS) is 29.2. The van der Waals surface area contributed by atoms with Crippen LogP contribution in [0.25, 0.3) is 0 Å². The van der Waals surface area contributed by atoms with Crippen LogP contribution in [0.15, 0.2) is 24.3 Å². The molecule has 19 heavy (non-hydrogen) atoms. The minimum atomic E-state index is -0.528. The molecule has 1 unspecified atom stereocenters. The number of rotatable bonds is 4. The lowest BCUT2D eigenvalue weighted by Gasteiger charge is -2.36. The Kier molecular flexibility index (Phi) is 4.88. The first-order valence-electron chi connectivity index (χ1n) is 7.20. The highest BCUT2D eigenvalue weighted by Gasteiger charge is 2.31. The van der Waals surface area contributed by atoms with E-state index in [0.717, 1.165) is 36.6 Å². The van der Waals surface area contributed by atoms with E-state index in [1.807, 2.05) is 18.2 Å². The van der Waals surface area contributed by atoms with Gasteiger partial charge in [-0.3, -0.25) is 0 Å². The molecule has 1 aliphatic rings. The molecule has 1 fully saturated rings. The maximum absolute atomic E-state index is 10.6. The maximum Gasteiger partial charge on any atom is 0.0772 e. The van der Waals surface area contributed by atoms with Crippen LogP contribution in [0, 0.1) is 5.92 Å². The average Bonchev–Trinajstić information content (AvgIpc) is 2.40. The van der Waals surface area contributed by atoms with Crippen LogP contribution in [0.3, 0.4) is 0 Å². The third-order valence-electron chi connectivity index (χ3n) is 4.29. The Balaban J connectivity index is 1.88. The van der Waals surface area contributed by atoms with Crippen molar-refractivity contribution < 1.29 is 5.11 Å². The van der Waals surface area contributed by atoms with Gasteiger partial charge in [-0.2, -0.15) is 0 Å². The number of nitrogens with one attached hydrogen (secondary N) is 1. The van der Waals surface area contributed by atoms with Crippen molar-refractivity contribution in [3.05, 3.63) is 34.9 Å². The molecule has 1 aliphatic carbocycles. The van der Waals surface area contributed by atoms with Crippen molar-refractivity contribution in [3.63, 3.8) is 0 Å². The zero-order valence-electron chi connectivity index (χ0n) is 11.8. The Morgan fingerprint density at radius 2 is 2.11 bits per heavy atom. The summed E-state index contributed by atoms with van der Waals surface area (Å²) in [6.07, 6.45) is 4.07. The number of benzene rings is 1. The van der Waals surface area contributed by atoms with Gasteiger partial charge in [0.05, 0.1) is 5.60 Å². The molecule has 1 atom stereocenters. The Bertz CT molecular complexity index is 413. The molecule has 106 valence electrons. The van der Waals surface area contributed by atoms with Crippen molar-refractivity contribution in [2.45, 2.75) is 51.2 Å². The first kappa shape index (κ1) is 14.8. The molecule has 0 saturated heterocycles. The maximum atomic E-state index is 10.6. The molecule has 0 heterocycles. The van der Waals surface area contributed by atoms with Crippen molar-refractivity contribution in [1.29, 1.82) is 0 Å². The fourth-order valence-electron chi connectivity index (χ4n) is 2.71. The van der Waals surface area contributed by atoms with Gasteiger partial charge in [0.2, 0.25) is 0 Å². The van der Waals surface area contributed by atoms with Gasteiger partial charge in [-0.1, -0.05) is 30.7 Å². The lowest BCUT2D eigenvalue weighted by atomic mass is 9.79. The van der Waals surface area contributed by atoms with Gasteiger partial charge in [-0.25, -0.2) is 0 Å². The van der Waals surface area contributed by atoms with Gasteiger partial charge in [-0.05, 0) is 56.2 Å². The molecule has 1 aromatic rings. The zero-order chi connectivity index (χ0) is 13.9.